The van der Waals surface area contributed by atoms with Crippen LogP contribution in [0, 0.1) is 0 Å². The van der Waals surface area contributed by atoms with Crippen molar-refractivity contribution in [2.75, 3.05) is 18.4 Å². The Balaban J connectivity index is 1.37. The van der Waals surface area contributed by atoms with Crippen LogP contribution in [0.25, 0.3) is 0 Å². The molecule has 0 saturated carbocycles. The predicted octanol–water partition coefficient (Wildman–Crippen LogP) is 9.23. The molecule has 1 N–H and O–H groups in total. The molecule has 2 rings (SSSR count). The molecule has 1 aromatic rings. The van der Waals surface area contributed by atoms with E-state index in [4.69, 9.17) is 0 Å². The number of sulfonamides is 1. The molecule has 0 spiro atoms. The van der Waals surface area contributed by atoms with Gasteiger partial charge in [-0.2, -0.15) is 4.31 Å². The first-order valence-corrected chi connectivity index (χ1v) is 17.4. The van der Waals surface area contributed by atoms with Crippen molar-refractivity contribution in [1.29, 1.82) is 0 Å². The highest BCUT2D eigenvalue weighted by molar-refractivity contribution is 7.89. The molecule has 218 valence electrons. The second kappa shape index (κ2) is 20.5. The Hall–Kier alpha value is -1.40. The first-order valence-electron chi connectivity index (χ1n) is 15.9. The van der Waals surface area contributed by atoms with E-state index in [0.717, 1.165) is 25.7 Å². The lowest BCUT2D eigenvalue weighted by Gasteiger charge is -2.15. The topological polar surface area (TPSA) is 66.5 Å². The number of benzene rings is 1. The molecular formula is C32H56N2O3S. The fourth-order valence-corrected chi connectivity index (χ4v) is 6.89. The van der Waals surface area contributed by atoms with E-state index in [1.807, 2.05) is 0 Å². The minimum atomic E-state index is -3.40. The molecule has 1 fully saturated rings. The third-order valence-corrected chi connectivity index (χ3v) is 9.76. The van der Waals surface area contributed by atoms with Gasteiger partial charge in [0.05, 0.1) is 4.90 Å². The van der Waals surface area contributed by atoms with Gasteiger partial charge in [-0.3, -0.25) is 4.79 Å². The fraction of sp³-hybridized carbons (Fsp3) is 0.781. The summed E-state index contributed by atoms with van der Waals surface area (Å²) in [6.07, 6.45) is 27.9. The van der Waals surface area contributed by atoms with E-state index in [9.17, 15) is 13.2 Å². The molecule has 1 amide bonds. The zero-order valence-electron chi connectivity index (χ0n) is 24.4. The van der Waals surface area contributed by atoms with E-state index in [-0.39, 0.29) is 5.91 Å². The van der Waals surface area contributed by atoms with Crippen LogP contribution in [0.3, 0.4) is 0 Å². The smallest absolute Gasteiger partial charge is 0.243 e. The van der Waals surface area contributed by atoms with Crippen molar-refractivity contribution in [2.45, 2.75) is 153 Å². The Morgan fingerprint density at radius 2 is 1.05 bits per heavy atom. The number of rotatable bonds is 23. The van der Waals surface area contributed by atoms with Gasteiger partial charge in [-0.15, -0.1) is 0 Å². The van der Waals surface area contributed by atoms with E-state index in [1.54, 1.807) is 28.6 Å². The highest BCUT2D eigenvalue weighted by Crippen LogP contribution is 2.22. The standard InChI is InChI=1S/C32H56N2O3S/c1-2-3-4-5-6-7-8-9-10-11-12-13-14-15-16-17-18-19-20-23-32(35)33-30-24-26-31(27-25-30)38(36,37)34-28-21-22-29-34/h24-27H,2-23,28-29H2,1H3,(H,33,35). The summed E-state index contributed by atoms with van der Waals surface area (Å²) in [5.41, 5.74) is 0.660. The Morgan fingerprint density at radius 3 is 1.47 bits per heavy atom. The van der Waals surface area contributed by atoms with Crippen LogP contribution in [0.15, 0.2) is 29.2 Å². The van der Waals surface area contributed by atoms with Crippen molar-refractivity contribution in [3.8, 4) is 0 Å². The van der Waals surface area contributed by atoms with Crippen LogP contribution < -0.4 is 5.32 Å². The normalized spacial score (nSPS) is 14.2. The van der Waals surface area contributed by atoms with Crippen LogP contribution in [0.4, 0.5) is 5.69 Å². The average Bonchev–Trinajstić information content (AvgIpc) is 3.47. The number of hydrogen-bond donors (Lipinski definition) is 1. The number of nitrogens with one attached hydrogen (secondary N) is 1. The number of carbonyl (C=O) groups excluding carboxylic acids is 1. The first kappa shape index (κ1) is 32.8. The molecule has 1 aliphatic heterocycles. The molecule has 1 heterocycles. The summed E-state index contributed by atoms with van der Waals surface area (Å²) >= 11 is 0. The summed E-state index contributed by atoms with van der Waals surface area (Å²) in [5, 5.41) is 2.90. The predicted molar refractivity (Wildman–Crippen MR) is 161 cm³/mol. The van der Waals surface area contributed by atoms with E-state index in [2.05, 4.69) is 12.2 Å². The van der Waals surface area contributed by atoms with Gasteiger partial charge in [-0.1, -0.05) is 122 Å². The number of nitrogens with zero attached hydrogens (tertiary/aromatic N) is 1. The molecule has 0 aromatic heterocycles. The largest absolute Gasteiger partial charge is 0.326 e. The fourth-order valence-electron chi connectivity index (χ4n) is 5.38. The minimum absolute atomic E-state index is 0.00660. The highest BCUT2D eigenvalue weighted by Gasteiger charge is 2.26. The van der Waals surface area contributed by atoms with Crippen molar-refractivity contribution in [3.63, 3.8) is 0 Å². The summed E-state index contributed by atoms with van der Waals surface area (Å²) in [6.45, 7) is 3.48. The maximum Gasteiger partial charge on any atom is 0.243 e. The van der Waals surface area contributed by atoms with Crippen LogP contribution in [-0.4, -0.2) is 31.7 Å². The Labute approximate surface area is 234 Å². The quantitative estimate of drug-likeness (QED) is 0.139. The lowest BCUT2D eigenvalue weighted by Crippen LogP contribution is -2.27. The van der Waals surface area contributed by atoms with Crippen LogP contribution in [0.5, 0.6) is 0 Å². The molecule has 5 nitrogen and oxygen atoms in total. The molecule has 0 aliphatic carbocycles. The van der Waals surface area contributed by atoms with E-state index in [1.165, 1.54) is 109 Å². The third-order valence-electron chi connectivity index (χ3n) is 7.85. The molecule has 1 aliphatic rings. The Kier molecular flexibility index (Phi) is 17.7. The molecule has 0 unspecified atom stereocenters. The second-order valence-electron chi connectivity index (χ2n) is 11.3. The molecular weight excluding hydrogens is 492 g/mol. The van der Waals surface area contributed by atoms with Crippen molar-refractivity contribution >= 4 is 21.6 Å². The zero-order valence-corrected chi connectivity index (χ0v) is 25.2. The molecule has 6 heteroatoms. The zero-order chi connectivity index (χ0) is 27.3. The Morgan fingerprint density at radius 1 is 0.658 bits per heavy atom. The average molecular weight is 549 g/mol. The van der Waals surface area contributed by atoms with Gasteiger partial charge in [0.25, 0.3) is 0 Å². The van der Waals surface area contributed by atoms with Crippen molar-refractivity contribution < 1.29 is 13.2 Å². The number of hydrogen-bond acceptors (Lipinski definition) is 3. The van der Waals surface area contributed by atoms with E-state index >= 15 is 0 Å². The molecule has 0 atom stereocenters. The number of carbonyl (C=O) groups is 1. The van der Waals surface area contributed by atoms with Gasteiger partial charge in [-0.25, -0.2) is 8.42 Å². The van der Waals surface area contributed by atoms with Crippen molar-refractivity contribution in [1.82, 2.24) is 4.31 Å². The third kappa shape index (κ3) is 14.1. The molecule has 1 aromatic carbocycles. The molecule has 0 radical (unpaired) electrons. The van der Waals surface area contributed by atoms with Crippen LogP contribution in [-0.2, 0) is 14.8 Å². The second-order valence-corrected chi connectivity index (χ2v) is 13.2. The summed E-state index contributed by atoms with van der Waals surface area (Å²) < 4.78 is 26.7. The lowest BCUT2D eigenvalue weighted by atomic mass is 10.0. The summed E-state index contributed by atoms with van der Waals surface area (Å²) in [4.78, 5) is 12.6. The van der Waals surface area contributed by atoms with E-state index < -0.39 is 10.0 Å². The summed E-state index contributed by atoms with van der Waals surface area (Å²) in [5.74, 6) is 0.00660. The van der Waals surface area contributed by atoms with Gasteiger partial charge in [0.2, 0.25) is 15.9 Å². The van der Waals surface area contributed by atoms with Crippen molar-refractivity contribution in [3.05, 3.63) is 24.3 Å². The maximum atomic E-state index is 12.6. The molecule has 1 saturated heterocycles. The van der Waals surface area contributed by atoms with Gasteiger partial charge in [0, 0.05) is 25.2 Å². The molecule has 38 heavy (non-hydrogen) atoms. The van der Waals surface area contributed by atoms with Crippen molar-refractivity contribution in [2.24, 2.45) is 0 Å². The monoisotopic (exact) mass is 548 g/mol. The highest BCUT2D eigenvalue weighted by atomic mass is 32.2. The van der Waals surface area contributed by atoms with Gasteiger partial charge in [-0.05, 0) is 43.5 Å². The van der Waals surface area contributed by atoms with Gasteiger partial charge in [0.1, 0.15) is 0 Å². The van der Waals surface area contributed by atoms with E-state index in [0.29, 0.717) is 30.1 Å². The van der Waals surface area contributed by atoms with Gasteiger partial charge in [0.15, 0.2) is 0 Å². The number of anilines is 1. The number of unbranched alkanes of at least 4 members (excludes halogenated alkanes) is 18. The van der Waals surface area contributed by atoms with Gasteiger partial charge >= 0.3 is 0 Å². The van der Waals surface area contributed by atoms with Crippen LogP contribution in [0.2, 0.25) is 0 Å². The maximum absolute atomic E-state index is 12.6. The summed E-state index contributed by atoms with van der Waals surface area (Å²) in [7, 11) is -3.40. The Bertz CT molecular complexity index is 833. The first-order chi connectivity index (χ1) is 18.5. The van der Waals surface area contributed by atoms with Crippen LogP contribution >= 0.6 is 0 Å². The lowest BCUT2D eigenvalue weighted by molar-refractivity contribution is -0.116. The van der Waals surface area contributed by atoms with Gasteiger partial charge < -0.3 is 5.32 Å². The SMILES string of the molecule is CCCCCCCCCCCCCCCCCCCCCC(=O)Nc1ccc(S(=O)(=O)N2CCCC2)cc1. The minimum Gasteiger partial charge on any atom is -0.326 e. The summed E-state index contributed by atoms with van der Waals surface area (Å²) in [6, 6.07) is 6.58. The molecule has 0 bridgehead atoms. The number of amides is 1. The van der Waals surface area contributed by atoms with Crippen LogP contribution in [0.1, 0.15) is 148 Å².